The normalized spacial score (nSPS) is 11.1. The number of ether oxygens (including phenoxy) is 2. The molecule has 3 aromatic rings. The monoisotopic (exact) mass is 714 g/mol. The first kappa shape index (κ1) is 37.6. The Morgan fingerprint density at radius 3 is 2.07 bits per heavy atom. The van der Waals surface area contributed by atoms with Crippen LogP contribution in [0.4, 0.5) is 0 Å². The van der Waals surface area contributed by atoms with Gasteiger partial charge in [-0.15, -0.1) is 0 Å². The number of amides is 1. The molecule has 0 aliphatic rings. The van der Waals surface area contributed by atoms with Gasteiger partial charge in [0.1, 0.15) is 25.1 Å². The van der Waals surface area contributed by atoms with Crippen molar-refractivity contribution in [2.45, 2.75) is 110 Å². The van der Waals surface area contributed by atoms with Gasteiger partial charge in [0.15, 0.2) is 6.20 Å². The molecule has 1 heterocycles. The van der Waals surface area contributed by atoms with Gasteiger partial charge in [-0.3, -0.25) is 4.79 Å². The molecule has 0 radical (unpaired) electrons. The number of carbonyl (C=O) groups excluding carboxylic acids is 1. The molecule has 2 aromatic carbocycles. The van der Waals surface area contributed by atoms with E-state index in [2.05, 4.69) is 56.5 Å². The van der Waals surface area contributed by atoms with Crippen molar-refractivity contribution in [1.82, 2.24) is 4.90 Å². The molecule has 44 heavy (non-hydrogen) atoms. The fourth-order valence-electron chi connectivity index (χ4n) is 5.49. The van der Waals surface area contributed by atoms with Crippen LogP contribution < -0.4 is 38.0 Å². The Morgan fingerprint density at radius 2 is 1.43 bits per heavy atom. The topological polar surface area (TPSA) is 42.7 Å². The van der Waals surface area contributed by atoms with Gasteiger partial charge < -0.3 is 38.4 Å². The van der Waals surface area contributed by atoms with E-state index in [-0.39, 0.29) is 35.3 Å². The van der Waals surface area contributed by atoms with Gasteiger partial charge >= 0.3 is 0 Å². The molecule has 3 rings (SSSR count). The second kappa shape index (κ2) is 19.7. The third-order valence-electron chi connectivity index (χ3n) is 8.12. The highest BCUT2D eigenvalue weighted by Gasteiger charge is 2.25. The summed E-state index contributed by atoms with van der Waals surface area (Å²) in [5.74, 6) is 1.48. The lowest BCUT2D eigenvalue weighted by molar-refractivity contribution is -0.680. The summed E-state index contributed by atoms with van der Waals surface area (Å²) in [6.45, 7) is 10.6. The Labute approximate surface area is 284 Å². The molecule has 0 bridgehead atoms. The van der Waals surface area contributed by atoms with Crippen LogP contribution in [0.1, 0.15) is 119 Å². The summed E-state index contributed by atoms with van der Waals surface area (Å²) in [6.07, 6.45) is 15.1. The number of unbranched alkanes of at least 4 members (excludes halogenated alkanes) is 9. The van der Waals surface area contributed by atoms with Gasteiger partial charge in [-0.2, -0.15) is 0 Å². The van der Waals surface area contributed by atoms with Crippen molar-refractivity contribution in [2.24, 2.45) is 7.05 Å². The van der Waals surface area contributed by atoms with E-state index in [0.29, 0.717) is 24.4 Å². The van der Waals surface area contributed by atoms with E-state index in [9.17, 15) is 4.79 Å². The average molecular weight is 715 g/mol. The van der Waals surface area contributed by atoms with E-state index in [4.69, 9.17) is 9.47 Å². The van der Waals surface area contributed by atoms with Crippen molar-refractivity contribution >= 4 is 5.91 Å². The summed E-state index contributed by atoms with van der Waals surface area (Å²) in [5.41, 5.74) is 3.78. The second-order valence-electron chi connectivity index (χ2n) is 12.8. The smallest absolute Gasteiger partial charge is 0.258 e. The number of aromatic nitrogens is 1. The Hall–Kier alpha value is -2.61. The van der Waals surface area contributed by atoms with Gasteiger partial charge in [0.05, 0.1) is 19.3 Å². The summed E-state index contributed by atoms with van der Waals surface area (Å²) in [5, 5.41) is 0. The Kier molecular flexibility index (Phi) is 16.8. The third kappa shape index (κ3) is 12.1. The summed E-state index contributed by atoms with van der Waals surface area (Å²) in [4.78, 5) is 15.8. The molecule has 6 heteroatoms. The minimum atomic E-state index is -0.0908. The SMILES string of the molecule is CCCCCCCCCCCCOc1ccc(CN(Cc2cccc[n+]2C)C(=O)c2ccccc2OC)cc1C(C)(C)C.[I-]. The lowest BCUT2D eigenvalue weighted by atomic mass is 9.85. The molecule has 1 aromatic heterocycles. The van der Waals surface area contributed by atoms with Crippen LogP contribution in [-0.2, 0) is 25.6 Å². The van der Waals surface area contributed by atoms with Crippen molar-refractivity contribution in [1.29, 1.82) is 0 Å². The zero-order valence-electron chi connectivity index (χ0n) is 28.0. The highest BCUT2D eigenvalue weighted by molar-refractivity contribution is 5.96. The minimum Gasteiger partial charge on any atom is -1.00 e. The number of nitrogens with zero attached hydrogens (tertiary/aromatic N) is 2. The van der Waals surface area contributed by atoms with Gasteiger partial charge in [-0.25, -0.2) is 4.57 Å². The molecule has 5 nitrogen and oxygen atoms in total. The first-order valence-electron chi connectivity index (χ1n) is 16.4. The van der Waals surface area contributed by atoms with Crippen molar-refractivity contribution < 1.29 is 42.8 Å². The number of hydrogen-bond donors (Lipinski definition) is 0. The highest BCUT2D eigenvalue weighted by atomic mass is 127. The van der Waals surface area contributed by atoms with Crippen molar-refractivity contribution in [3.8, 4) is 11.5 Å². The van der Waals surface area contributed by atoms with E-state index < -0.39 is 0 Å². The van der Waals surface area contributed by atoms with Gasteiger partial charge in [0, 0.05) is 18.7 Å². The van der Waals surface area contributed by atoms with Gasteiger partial charge in [-0.1, -0.05) is 110 Å². The molecule has 0 unspecified atom stereocenters. The fraction of sp³-hybridized carbons (Fsp3) is 0.526. The lowest BCUT2D eigenvalue weighted by Gasteiger charge is -2.26. The summed E-state index contributed by atoms with van der Waals surface area (Å²) >= 11 is 0. The lowest BCUT2D eigenvalue weighted by Crippen LogP contribution is -3.00. The highest BCUT2D eigenvalue weighted by Crippen LogP contribution is 2.33. The number of hydrogen-bond acceptors (Lipinski definition) is 3. The number of pyridine rings is 1. The van der Waals surface area contributed by atoms with E-state index >= 15 is 0 Å². The predicted octanol–water partition coefficient (Wildman–Crippen LogP) is 5.96. The second-order valence-corrected chi connectivity index (χ2v) is 12.8. The Bertz CT molecular complexity index is 1270. The van der Waals surface area contributed by atoms with Gasteiger partial charge in [0.2, 0.25) is 5.69 Å². The van der Waals surface area contributed by atoms with Crippen molar-refractivity contribution in [2.75, 3.05) is 13.7 Å². The van der Waals surface area contributed by atoms with Crippen LogP contribution in [0.5, 0.6) is 11.5 Å². The Balaban J connectivity index is 0.00000675. The number of methoxy groups -OCH3 is 1. The summed E-state index contributed by atoms with van der Waals surface area (Å²) in [7, 11) is 3.62. The zero-order chi connectivity index (χ0) is 31.1. The standard InChI is InChI=1S/C38H55N2O3.HI/c1-7-8-9-10-11-12-13-14-15-20-27-43-36-25-24-31(28-34(36)38(2,3)4)29-40(30-32-21-18-19-26-39(32)5)37(41)33-22-16-17-23-35(33)42-6;/h16-19,21-26,28H,7-15,20,27,29-30H2,1-6H3;1H/q+1;/p-1. The molecule has 0 fully saturated rings. The molecule has 0 spiro atoms. The number of benzene rings is 2. The van der Waals surface area contributed by atoms with Gasteiger partial charge in [0.25, 0.3) is 5.91 Å². The van der Waals surface area contributed by atoms with E-state index in [0.717, 1.165) is 30.0 Å². The molecule has 0 saturated heterocycles. The van der Waals surface area contributed by atoms with Crippen LogP contribution in [0.15, 0.2) is 66.9 Å². The van der Waals surface area contributed by atoms with Crippen molar-refractivity contribution in [3.63, 3.8) is 0 Å². The van der Waals surface area contributed by atoms with Gasteiger partial charge in [-0.05, 0) is 47.2 Å². The quantitative estimate of drug-likeness (QED) is 0.0929. The van der Waals surface area contributed by atoms with E-state index in [1.165, 1.54) is 63.4 Å². The Morgan fingerprint density at radius 1 is 0.795 bits per heavy atom. The van der Waals surface area contributed by atoms with Crippen LogP contribution >= 0.6 is 0 Å². The van der Waals surface area contributed by atoms with Crippen LogP contribution in [-0.4, -0.2) is 24.5 Å². The minimum absolute atomic E-state index is 0. The van der Waals surface area contributed by atoms with Crippen LogP contribution in [0.3, 0.4) is 0 Å². The molecule has 0 saturated carbocycles. The molecular weight excluding hydrogens is 659 g/mol. The van der Waals surface area contributed by atoms with Crippen LogP contribution in [0.25, 0.3) is 0 Å². The van der Waals surface area contributed by atoms with Crippen molar-refractivity contribution in [3.05, 3.63) is 89.2 Å². The average Bonchev–Trinajstić information content (AvgIpc) is 3.00. The first-order chi connectivity index (χ1) is 20.7. The summed E-state index contributed by atoms with van der Waals surface area (Å²) in [6, 6.07) is 20.0. The first-order valence-corrected chi connectivity index (χ1v) is 16.4. The number of carbonyl (C=O) groups is 1. The van der Waals surface area contributed by atoms with E-state index in [1.54, 1.807) is 7.11 Å². The molecule has 0 aliphatic heterocycles. The number of para-hydroxylation sites is 1. The van der Waals surface area contributed by atoms with Crippen LogP contribution in [0, 0.1) is 0 Å². The fourth-order valence-corrected chi connectivity index (χ4v) is 5.49. The van der Waals surface area contributed by atoms with Crippen LogP contribution in [0.2, 0.25) is 0 Å². The maximum Gasteiger partial charge on any atom is 0.258 e. The third-order valence-corrected chi connectivity index (χ3v) is 8.12. The maximum atomic E-state index is 13.9. The predicted molar refractivity (Wildman–Crippen MR) is 177 cm³/mol. The van der Waals surface area contributed by atoms with E-state index in [1.807, 2.05) is 54.5 Å². The largest absolute Gasteiger partial charge is 1.00 e. The summed E-state index contributed by atoms with van der Waals surface area (Å²) < 4.78 is 14.0. The molecule has 0 atom stereocenters. The number of rotatable bonds is 18. The number of halogens is 1. The molecule has 0 aliphatic carbocycles. The maximum absolute atomic E-state index is 13.9. The molecule has 1 amide bonds. The zero-order valence-corrected chi connectivity index (χ0v) is 30.2. The molecular formula is C38H55IN2O3. The molecule has 242 valence electrons. The number of aryl methyl sites for hydroxylation is 1. The molecule has 0 N–H and O–H groups in total.